The summed E-state index contributed by atoms with van der Waals surface area (Å²) in [6.07, 6.45) is 4.28. The topological polar surface area (TPSA) is 36.9 Å². The van der Waals surface area contributed by atoms with Gasteiger partial charge >= 0.3 is 0 Å². The second-order valence-electron chi connectivity index (χ2n) is 4.69. The predicted molar refractivity (Wildman–Crippen MR) is 81.0 cm³/mol. The average molecular weight is 351 g/mol. The van der Waals surface area contributed by atoms with E-state index in [2.05, 4.69) is 21.8 Å². The lowest BCUT2D eigenvalue weighted by molar-refractivity contribution is 0.156. The number of hydrogen-bond acceptors (Lipinski definition) is 2. The minimum absolute atomic E-state index is 0. The fourth-order valence-corrected chi connectivity index (χ4v) is 2.58. The average Bonchev–Trinajstić information content (AvgIpc) is 2.92. The highest BCUT2D eigenvalue weighted by Gasteiger charge is 2.42. The molecule has 0 aromatic heterocycles. The van der Waals surface area contributed by atoms with Crippen LogP contribution < -0.4 is 5.32 Å². The highest BCUT2D eigenvalue weighted by Crippen LogP contribution is 2.37. The van der Waals surface area contributed by atoms with E-state index < -0.39 is 0 Å². The van der Waals surface area contributed by atoms with Gasteiger partial charge in [0.05, 0.1) is 6.61 Å². The van der Waals surface area contributed by atoms with Crippen LogP contribution in [-0.4, -0.2) is 50.8 Å². The lowest BCUT2D eigenvalue weighted by atomic mass is 9.87. The van der Waals surface area contributed by atoms with Gasteiger partial charge in [0.15, 0.2) is 5.96 Å². The molecular weight excluding hydrogens is 329 g/mol. The summed E-state index contributed by atoms with van der Waals surface area (Å²) >= 11 is 0. The molecule has 0 radical (unpaired) electrons. The highest BCUT2D eigenvalue weighted by atomic mass is 127. The predicted octanol–water partition coefficient (Wildman–Crippen LogP) is 1.48. The Balaban J connectivity index is 0.00000144. The van der Waals surface area contributed by atoms with Crippen molar-refractivity contribution in [1.82, 2.24) is 10.2 Å². The molecule has 1 spiro atoms. The zero-order valence-corrected chi connectivity index (χ0v) is 12.8. The molecule has 4 nitrogen and oxygen atoms in total. The molecule has 0 aromatic rings. The van der Waals surface area contributed by atoms with E-state index in [0.717, 1.165) is 38.8 Å². The van der Waals surface area contributed by atoms with Gasteiger partial charge in [0.2, 0.25) is 0 Å². The molecule has 5 heteroatoms. The van der Waals surface area contributed by atoms with Crippen LogP contribution in [0.4, 0.5) is 0 Å². The van der Waals surface area contributed by atoms with E-state index in [0.29, 0.717) is 5.41 Å². The summed E-state index contributed by atoms with van der Waals surface area (Å²) in [5, 5.41) is 3.28. The molecule has 0 aromatic carbocycles. The number of rotatable bonds is 2. The van der Waals surface area contributed by atoms with Crippen molar-refractivity contribution < 1.29 is 4.74 Å². The van der Waals surface area contributed by atoms with Crippen LogP contribution in [0.3, 0.4) is 0 Å². The molecule has 0 saturated carbocycles. The van der Waals surface area contributed by atoms with Crippen LogP contribution in [0.25, 0.3) is 0 Å². The van der Waals surface area contributed by atoms with Crippen molar-refractivity contribution in [2.24, 2.45) is 10.4 Å². The Hall–Kier alpha value is -0.300. The minimum atomic E-state index is 0. The maximum atomic E-state index is 5.52. The standard InChI is InChI=1S/C12H21N3O.HI/c1-3-6-14-11(13-2)15-7-4-12(9-15)5-8-16-10-12;/h3H,1,4-10H2,2H3,(H,13,14);1H. The van der Waals surface area contributed by atoms with Gasteiger partial charge in [-0.15, -0.1) is 30.6 Å². The Morgan fingerprint density at radius 1 is 1.59 bits per heavy atom. The van der Waals surface area contributed by atoms with Crippen LogP contribution in [0.15, 0.2) is 17.6 Å². The first-order valence-corrected chi connectivity index (χ1v) is 5.94. The molecule has 98 valence electrons. The fraction of sp³-hybridized carbons (Fsp3) is 0.750. The number of nitrogens with zero attached hydrogens (tertiary/aromatic N) is 2. The smallest absolute Gasteiger partial charge is 0.193 e. The summed E-state index contributed by atoms with van der Waals surface area (Å²) in [5.74, 6) is 0.990. The van der Waals surface area contributed by atoms with E-state index >= 15 is 0 Å². The second kappa shape index (κ2) is 6.58. The molecule has 1 atom stereocenters. The molecular formula is C12H22IN3O. The molecule has 2 aliphatic rings. The summed E-state index contributed by atoms with van der Waals surface area (Å²) in [7, 11) is 1.83. The Bertz CT molecular complexity index is 287. The van der Waals surface area contributed by atoms with Crippen molar-refractivity contribution in [2.45, 2.75) is 12.8 Å². The first-order valence-electron chi connectivity index (χ1n) is 5.94. The van der Waals surface area contributed by atoms with Crippen LogP contribution in [0.2, 0.25) is 0 Å². The van der Waals surface area contributed by atoms with E-state index in [1.807, 2.05) is 13.1 Å². The Labute approximate surface area is 121 Å². The van der Waals surface area contributed by atoms with Gasteiger partial charge in [-0.1, -0.05) is 6.08 Å². The molecule has 1 N–H and O–H groups in total. The van der Waals surface area contributed by atoms with E-state index in [4.69, 9.17) is 4.74 Å². The van der Waals surface area contributed by atoms with Gasteiger partial charge in [0.25, 0.3) is 0 Å². The third-order valence-corrected chi connectivity index (χ3v) is 3.54. The van der Waals surface area contributed by atoms with Gasteiger partial charge in [0.1, 0.15) is 0 Å². The molecule has 2 aliphatic heterocycles. The maximum absolute atomic E-state index is 5.52. The van der Waals surface area contributed by atoms with Crippen LogP contribution in [0.1, 0.15) is 12.8 Å². The van der Waals surface area contributed by atoms with Crippen molar-refractivity contribution in [2.75, 3.05) is 39.9 Å². The molecule has 2 saturated heterocycles. The quantitative estimate of drug-likeness (QED) is 0.354. The summed E-state index contributed by atoms with van der Waals surface area (Å²) in [5.41, 5.74) is 0.395. The van der Waals surface area contributed by atoms with Crippen LogP contribution >= 0.6 is 24.0 Å². The van der Waals surface area contributed by atoms with Gasteiger partial charge in [-0.3, -0.25) is 4.99 Å². The van der Waals surface area contributed by atoms with Crippen LogP contribution in [0, 0.1) is 5.41 Å². The molecule has 2 heterocycles. The van der Waals surface area contributed by atoms with Crippen molar-refractivity contribution in [1.29, 1.82) is 0 Å². The second-order valence-corrected chi connectivity index (χ2v) is 4.69. The van der Waals surface area contributed by atoms with Crippen molar-refractivity contribution in [3.63, 3.8) is 0 Å². The Kier molecular flexibility index (Phi) is 5.72. The SMILES string of the molecule is C=CCNC(=NC)N1CCC2(CCOC2)C1.I. The molecule has 0 amide bonds. The molecule has 1 unspecified atom stereocenters. The lowest BCUT2D eigenvalue weighted by Crippen LogP contribution is -2.41. The Morgan fingerprint density at radius 2 is 2.41 bits per heavy atom. The van der Waals surface area contributed by atoms with Crippen molar-refractivity contribution >= 4 is 29.9 Å². The summed E-state index contributed by atoms with van der Waals surface area (Å²) in [6, 6.07) is 0. The van der Waals surface area contributed by atoms with Crippen molar-refractivity contribution in [3.05, 3.63) is 12.7 Å². The monoisotopic (exact) mass is 351 g/mol. The maximum Gasteiger partial charge on any atom is 0.193 e. The zero-order chi connectivity index (χ0) is 11.4. The van der Waals surface area contributed by atoms with Crippen LogP contribution in [-0.2, 0) is 4.74 Å². The number of aliphatic imine (C=N–C) groups is 1. The zero-order valence-electron chi connectivity index (χ0n) is 10.4. The van der Waals surface area contributed by atoms with Crippen molar-refractivity contribution in [3.8, 4) is 0 Å². The Morgan fingerprint density at radius 3 is 3.00 bits per heavy atom. The molecule has 2 rings (SSSR count). The normalized spacial score (nSPS) is 28.3. The van der Waals surface area contributed by atoms with Crippen LogP contribution in [0.5, 0.6) is 0 Å². The largest absolute Gasteiger partial charge is 0.381 e. The first-order chi connectivity index (χ1) is 7.79. The van der Waals surface area contributed by atoms with Gasteiger partial charge in [0, 0.05) is 38.7 Å². The third-order valence-electron chi connectivity index (χ3n) is 3.54. The number of ether oxygens (including phenoxy) is 1. The van der Waals surface area contributed by atoms with Gasteiger partial charge in [-0.2, -0.15) is 0 Å². The van der Waals surface area contributed by atoms with E-state index in [1.54, 1.807) is 0 Å². The highest BCUT2D eigenvalue weighted by molar-refractivity contribution is 14.0. The molecule has 17 heavy (non-hydrogen) atoms. The summed E-state index contributed by atoms with van der Waals surface area (Å²) in [4.78, 5) is 6.64. The molecule has 0 bridgehead atoms. The number of nitrogens with one attached hydrogen (secondary N) is 1. The van der Waals surface area contributed by atoms with E-state index in [-0.39, 0.29) is 24.0 Å². The van der Waals surface area contributed by atoms with E-state index in [9.17, 15) is 0 Å². The number of guanidine groups is 1. The molecule has 0 aliphatic carbocycles. The molecule has 2 fully saturated rings. The van der Waals surface area contributed by atoms with Gasteiger partial charge < -0.3 is 15.0 Å². The number of hydrogen-bond donors (Lipinski definition) is 1. The van der Waals surface area contributed by atoms with Gasteiger partial charge in [-0.25, -0.2) is 0 Å². The first kappa shape index (κ1) is 14.8. The van der Waals surface area contributed by atoms with Gasteiger partial charge in [-0.05, 0) is 12.8 Å². The van der Waals surface area contributed by atoms with E-state index in [1.165, 1.54) is 12.8 Å². The lowest BCUT2D eigenvalue weighted by Gasteiger charge is -2.24. The number of halogens is 1. The minimum Gasteiger partial charge on any atom is -0.381 e. The fourth-order valence-electron chi connectivity index (χ4n) is 2.58. The summed E-state index contributed by atoms with van der Waals surface area (Å²) < 4.78 is 5.52. The third kappa shape index (κ3) is 3.34. The number of likely N-dealkylation sites (tertiary alicyclic amines) is 1. The summed E-state index contributed by atoms with van der Waals surface area (Å²) in [6.45, 7) is 8.48.